The van der Waals surface area contributed by atoms with Crippen LogP contribution in [0.3, 0.4) is 0 Å². The monoisotopic (exact) mass is 895 g/mol. The van der Waals surface area contributed by atoms with Crippen molar-refractivity contribution in [2.24, 2.45) is 50.5 Å². The Kier molecular flexibility index (Phi) is 18.3. The maximum Gasteiger partial charge on any atom is 2.00 e. The Morgan fingerprint density at radius 3 is 2.17 bits per heavy atom. The van der Waals surface area contributed by atoms with Gasteiger partial charge in [-0.1, -0.05) is 105 Å². The Labute approximate surface area is 405 Å². The number of carbonyl (C=O) groups is 2. The van der Waals surface area contributed by atoms with Crippen LogP contribution in [0.25, 0.3) is 0 Å². The summed E-state index contributed by atoms with van der Waals surface area (Å²) in [4.78, 5) is 42.4. The zero-order chi connectivity index (χ0) is 46.4. The number of hydrogen-bond acceptors (Lipinski definition) is 9. The topological polar surface area (TPSA) is 122 Å². The number of rotatable bonds is 20. The molecule has 5 unspecified atom stereocenters. The van der Waals surface area contributed by atoms with Crippen molar-refractivity contribution < 1.29 is 24.2 Å². The van der Waals surface area contributed by atoms with Crippen molar-refractivity contribution in [3.8, 4) is 0 Å². The summed E-state index contributed by atoms with van der Waals surface area (Å²) >= 11 is 0. The third-order valence-electron chi connectivity index (χ3n) is 14.3. The minimum absolute atomic E-state index is 0. The summed E-state index contributed by atoms with van der Waals surface area (Å²) in [5, 5.41) is 15.6. The third kappa shape index (κ3) is 11.6. The molecule has 0 amide bonds. The number of allylic oxidation sites excluding steroid dienone is 12. The molecule has 1 saturated heterocycles. The fraction of sp³-hybridized carbons (Fsp3) is 0.545. The zero-order valence-corrected chi connectivity index (χ0v) is 42.8. The van der Waals surface area contributed by atoms with Gasteiger partial charge in [-0.15, -0.1) is 0 Å². The first-order valence-corrected chi connectivity index (χ1v) is 24.1. The number of nitrogens with zero attached hydrogens (tertiary/aromatic N) is 3. The van der Waals surface area contributed by atoms with E-state index in [-0.39, 0.29) is 59.6 Å². The molecule has 5 atom stereocenters. The number of methoxy groups -OCH3 is 1. The van der Waals surface area contributed by atoms with Crippen molar-refractivity contribution >= 4 is 52.1 Å². The largest absolute Gasteiger partial charge is 2.00 e. The molecule has 1 fully saturated rings. The molecule has 6 aliphatic rings. The van der Waals surface area contributed by atoms with Crippen LogP contribution < -0.4 is 5.32 Å². The molecule has 2 N–H and O–H groups in total. The van der Waals surface area contributed by atoms with Gasteiger partial charge in [0, 0.05) is 46.4 Å². The number of fused-ring (bicyclic) bond motifs is 5. The van der Waals surface area contributed by atoms with Crippen LogP contribution in [0, 0.1) is 35.5 Å². The molecule has 0 aromatic carbocycles. The molecular formula is C55H74MgN4O5+2. The van der Waals surface area contributed by atoms with Gasteiger partial charge in [0.1, 0.15) is 18.3 Å². The van der Waals surface area contributed by atoms with Gasteiger partial charge < -0.3 is 19.9 Å². The van der Waals surface area contributed by atoms with E-state index in [9.17, 15) is 14.7 Å². The van der Waals surface area contributed by atoms with Crippen LogP contribution in [-0.2, 0) is 19.1 Å². The predicted molar refractivity (Wildman–Crippen MR) is 268 cm³/mol. The van der Waals surface area contributed by atoms with E-state index < -0.39 is 11.9 Å². The summed E-state index contributed by atoms with van der Waals surface area (Å²) in [6.45, 7) is 26.2. The molecule has 0 radical (unpaired) electrons. The van der Waals surface area contributed by atoms with Gasteiger partial charge in [-0.25, -0.2) is 15.0 Å². The predicted octanol–water partition coefficient (Wildman–Crippen LogP) is 12.6. The van der Waals surface area contributed by atoms with E-state index in [1.165, 1.54) is 57.6 Å². The van der Waals surface area contributed by atoms with Gasteiger partial charge in [-0.2, -0.15) is 0 Å². The zero-order valence-electron chi connectivity index (χ0n) is 41.4. The van der Waals surface area contributed by atoms with Crippen molar-refractivity contribution in [3.63, 3.8) is 0 Å². The molecule has 0 aromatic heterocycles. The van der Waals surface area contributed by atoms with Crippen LogP contribution in [0.4, 0.5) is 0 Å². The fourth-order valence-corrected chi connectivity index (χ4v) is 10.2. The Balaban J connectivity index is 0.00000793. The number of aliphatic hydroxyl groups excluding tert-OH is 1. The van der Waals surface area contributed by atoms with E-state index in [1.807, 2.05) is 38.2 Å². The molecule has 0 aromatic rings. The quantitative estimate of drug-likeness (QED) is 0.0713. The summed E-state index contributed by atoms with van der Waals surface area (Å²) in [5.74, 6) is -0.0182. The maximum absolute atomic E-state index is 13.6. The van der Waals surface area contributed by atoms with Crippen LogP contribution in [0.2, 0.25) is 0 Å². The second-order valence-electron chi connectivity index (χ2n) is 19.5. The van der Waals surface area contributed by atoms with Crippen molar-refractivity contribution in [1.82, 2.24) is 5.32 Å². The number of esters is 2. The first-order valence-electron chi connectivity index (χ1n) is 24.1. The van der Waals surface area contributed by atoms with Gasteiger partial charge >= 0.3 is 35.0 Å². The van der Waals surface area contributed by atoms with Gasteiger partial charge in [-0.05, 0) is 118 Å². The Morgan fingerprint density at radius 1 is 0.877 bits per heavy atom. The van der Waals surface area contributed by atoms with Gasteiger partial charge in [-0.3, -0.25) is 9.59 Å². The van der Waals surface area contributed by atoms with Crippen LogP contribution in [0.15, 0.2) is 131 Å². The van der Waals surface area contributed by atoms with Gasteiger partial charge in [0.2, 0.25) is 0 Å². The summed E-state index contributed by atoms with van der Waals surface area (Å²) < 4.78 is 11.1. The van der Waals surface area contributed by atoms with E-state index in [2.05, 4.69) is 73.4 Å². The van der Waals surface area contributed by atoms with Crippen LogP contribution in [0.5, 0.6) is 0 Å². The molecule has 5 aliphatic heterocycles. The molecule has 5 heterocycles. The fourth-order valence-electron chi connectivity index (χ4n) is 10.2. The maximum atomic E-state index is 13.6. The van der Waals surface area contributed by atoms with Crippen molar-refractivity contribution in [3.05, 3.63) is 116 Å². The molecule has 6 rings (SSSR count). The van der Waals surface area contributed by atoms with E-state index in [4.69, 9.17) is 24.5 Å². The second kappa shape index (κ2) is 22.9. The number of nitrogens with one attached hydrogen (secondary N) is 1. The van der Waals surface area contributed by atoms with Crippen molar-refractivity contribution in [1.29, 1.82) is 0 Å². The summed E-state index contributed by atoms with van der Waals surface area (Å²) in [6.07, 6.45) is 22.7. The van der Waals surface area contributed by atoms with Gasteiger partial charge in [0.15, 0.2) is 0 Å². The number of hydrogen-bond donors (Lipinski definition) is 2. The number of aliphatic hydroxyl groups is 1. The Bertz CT molecular complexity index is 2300. The molecule has 1 aliphatic carbocycles. The number of ether oxygens (including phenoxy) is 2. The molecule has 344 valence electrons. The first-order chi connectivity index (χ1) is 30.6. The normalized spacial score (nSPS) is 22.4. The Morgan fingerprint density at radius 2 is 1.52 bits per heavy atom. The minimum atomic E-state index is -1.08. The third-order valence-corrected chi connectivity index (χ3v) is 14.3. The minimum Gasteiger partial charge on any atom is -0.510 e. The van der Waals surface area contributed by atoms with Crippen molar-refractivity contribution in [2.75, 3.05) is 13.7 Å². The summed E-state index contributed by atoms with van der Waals surface area (Å²) in [7, 11) is 1.33. The molecule has 9 nitrogen and oxygen atoms in total. The molecular weight excluding hydrogens is 821 g/mol. The van der Waals surface area contributed by atoms with Crippen LogP contribution in [-0.4, -0.2) is 70.9 Å². The number of carbonyl (C=O) groups excluding carboxylic acids is 2. The van der Waals surface area contributed by atoms with Crippen LogP contribution in [0.1, 0.15) is 146 Å². The second-order valence-corrected chi connectivity index (χ2v) is 19.5. The van der Waals surface area contributed by atoms with E-state index in [1.54, 1.807) is 0 Å². The van der Waals surface area contributed by atoms with E-state index >= 15 is 0 Å². The average Bonchev–Trinajstić information content (AvgIpc) is 3.99. The number of aliphatic imine (C=N–C) groups is 3. The smallest absolute Gasteiger partial charge is 0.510 e. The molecule has 0 saturated carbocycles. The van der Waals surface area contributed by atoms with E-state index in [0.717, 1.165) is 99.1 Å². The van der Waals surface area contributed by atoms with Crippen LogP contribution >= 0.6 is 0 Å². The molecule has 8 bridgehead atoms. The summed E-state index contributed by atoms with van der Waals surface area (Å²) in [5.41, 5.74) is 13.3. The van der Waals surface area contributed by atoms with Crippen molar-refractivity contribution in [2.45, 2.75) is 146 Å². The molecule has 65 heavy (non-hydrogen) atoms. The molecule has 0 spiro atoms. The standard InChI is InChI=1S/C55H74N4O5.Mg/c1-13-39-35(8)42-28-44-37(10)41(24-25-48(60)64-27-26-34(7)23-17-22-33(6)21-16-20-32(5)19-15-18-31(3)4)52(58-44)50-51(55(62)63-12)54(61)49-38(11)45(59-53(49)50)30-47-40(14-2)36(9)43(57-47)29-46(39)56-42;/h13,26,28-33,37,41,51,58,61H,1,14-25,27H2,2-12H3;/q;+2/b34-26+,44-28?,46-29?,47-30?,52-50?;. The summed E-state index contributed by atoms with van der Waals surface area (Å²) in [6, 6.07) is 0. The molecule has 10 heteroatoms. The SMILES string of the molecule is C=CC1=C(C)C2=NC1=CC1=NC(=CC3=C(C)C4=C(O)C(C(=O)OC)C(=C5NC(=C2)C(C)C5CCC(=O)OC/C=C(\C)CCCC(C)CCCC(C)CCCC(C)C)C4=N3)C(CC)=C1C.[Mg+2]. The Hall–Kier alpha value is -4.28. The van der Waals surface area contributed by atoms with Gasteiger partial charge in [0.25, 0.3) is 0 Å². The first kappa shape index (κ1) is 51.7. The van der Waals surface area contributed by atoms with E-state index in [0.29, 0.717) is 29.0 Å². The average molecular weight is 896 g/mol. The van der Waals surface area contributed by atoms with Gasteiger partial charge in [0.05, 0.1) is 41.3 Å².